The molecule has 1 N–H and O–H groups in total. The maximum Gasteiger partial charge on any atom is 0.223 e. The van der Waals surface area contributed by atoms with Gasteiger partial charge in [0.15, 0.2) is 0 Å². The van der Waals surface area contributed by atoms with Crippen LogP contribution >= 0.6 is 15.9 Å². The summed E-state index contributed by atoms with van der Waals surface area (Å²) in [7, 11) is 0. The first-order valence-electron chi connectivity index (χ1n) is 9.09. The van der Waals surface area contributed by atoms with E-state index in [9.17, 15) is 4.79 Å². The number of carbonyl (C=O) groups excluding carboxylic acids is 1. The number of piperidine rings is 1. The molecule has 2 aliphatic rings. The van der Waals surface area contributed by atoms with Crippen LogP contribution in [0.15, 0.2) is 28.7 Å². The average molecular weight is 404 g/mol. The first-order chi connectivity index (χ1) is 12.2. The largest absolute Gasteiger partial charge is 0.371 e. The lowest BCUT2D eigenvalue weighted by atomic mass is 9.95. The molecule has 0 aromatic heterocycles. The van der Waals surface area contributed by atoms with Crippen LogP contribution in [0.5, 0.6) is 0 Å². The number of terminal acetylenes is 1. The Labute approximate surface area is 159 Å². The van der Waals surface area contributed by atoms with Crippen molar-refractivity contribution in [1.82, 2.24) is 10.2 Å². The molecular formula is C20H26BrN3O. The van der Waals surface area contributed by atoms with Crippen LogP contribution in [0.25, 0.3) is 0 Å². The molecule has 5 heteroatoms. The molecule has 2 saturated heterocycles. The lowest BCUT2D eigenvalue weighted by Gasteiger charge is -2.30. The van der Waals surface area contributed by atoms with Gasteiger partial charge in [0.25, 0.3) is 0 Å². The van der Waals surface area contributed by atoms with Crippen molar-refractivity contribution in [3.63, 3.8) is 0 Å². The standard InChI is InChI=1S/C20H26BrN3O/c1-2-9-23-10-7-17(8-11-23)20(25)22-14-16-6-12-24(15-16)19-5-3-4-18(21)13-19/h1,3-5,13,16-17H,6-12,14-15H2,(H,22,25)/t16-/m0/s1. The summed E-state index contributed by atoms with van der Waals surface area (Å²) in [5, 5.41) is 3.19. The van der Waals surface area contributed by atoms with Crippen LogP contribution in [0, 0.1) is 24.2 Å². The lowest BCUT2D eigenvalue weighted by Crippen LogP contribution is -2.42. The second-order valence-corrected chi connectivity index (χ2v) is 8.00. The molecule has 2 aliphatic heterocycles. The summed E-state index contributed by atoms with van der Waals surface area (Å²) >= 11 is 3.53. The van der Waals surface area contributed by atoms with E-state index in [0.717, 1.165) is 56.5 Å². The van der Waals surface area contributed by atoms with Crippen molar-refractivity contribution in [2.75, 3.05) is 44.2 Å². The lowest BCUT2D eigenvalue weighted by molar-refractivity contribution is -0.126. The predicted molar refractivity (Wildman–Crippen MR) is 105 cm³/mol. The highest BCUT2D eigenvalue weighted by molar-refractivity contribution is 9.10. The SMILES string of the molecule is C#CCN1CCC(C(=O)NC[C@@H]2CCN(c3cccc(Br)c3)C2)CC1. The topological polar surface area (TPSA) is 35.6 Å². The number of hydrogen-bond acceptors (Lipinski definition) is 3. The van der Waals surface area contributed by atoms with Gasteiger partial charge in [-0.2, -0.15) is 0 Å². The van der Waals surface area contributed by atoms with E-state index in [4.69, 9.17) is 6.42 Å². The zero-order chi connectivity index (χ0) is 17.6. The zero-order valence-corrected chi connectivity index (χ0v) is 16.2. The number of likely N-dealkylation sites (tertiary alicyclic amines) is 1. The van der Waals surface area contributed by atoms with E-state index in [1.807, 2.05) is 6.07 Å². The molecule has 2 fully saturated rings. The van der Waals surface area contributed by atoms with Gasteiger partial charge in [-0.05, 0) is 56.5 Å². The number of hydrogen-bond donors (Lipinski definition) is 1. The van der Waals surface area contributed by atoms with E-state index in [1.54, 1.807) is 0 Å². The second-order valence-electron chi connectivity index (χ2n) is 7.08. The quantitative estimate of drug-likeness (QED) is 0.767. The molecule has 4 nitrogen and oxygen atoms in total. The Kier molecular flexibility index (Phi) is 6.39. The van der Waals surface area contributed by atoms with Gasteiger partial charge in [0.2, 0.25) is 5.91 Å². The highest BCUT2D eigenvalue weighted by atomic mass is 79.9. The fourth-order valence-corrected chi connectivity index (χ4v) is 4.17. The Balaban J connectivity index is 1.41. The smallest absolute Gasteiger partial charge is 0.223 e. The number of rotatable bonds is 5. The van der Waals surface area contributed by atoms with Crippen molar-refractivity contribution >= 4 is 27.5 Å². The van der Waals surface area contributed by atoms with Crippen LogP contribution in [0.4, 0.5) is 5.69 Å². The Hall–Kier alpha value is -1.51. The van der Waals surface area contributed by atoms with Crippen LogP contribution < -0.4 is 10.2 Å². The Bertz CT molecular complexity index is 634. The monoisotopic (exact) mass is 403 g/mol. The van der Waals surface area contributed by atoms with Gasteiger partial charge in [-0.15, -0.1) is 6.42 Å². The Morgan fingerprint density at radius 1 is 1.28 bits per heavy atom. The molecule has 25 heavy (non-hydrogen) atoms. The van der Waals surface area contributed by atoms with Crippen molar-refractivity contribution in [2.45, 2.75) is 19.3 Å². The highest BCUT2D eigenvalue weighted by Crippen LogP contribution is 2.26. The predicted octanol–water partition coefficient (Wildman–Crippen LogP) is 2.74. The minimum atomic E-state index is 0.150. The number of benzene rings is 1. The molecule has 0 unspecified atom stereocenters. The van der Waals surface area contributed by atoms with E-state index < -0.39 is 0 Å². The van der Waals surface area contributed by atoms with E-state index in [1.165, 1.54) is 5.69 Å². The molecule has 2 heterocycles. The maximum absolute atomic E-state index is 12.4. The van der Waals surface area contributed by atoms with E-state index in [0.29, 0.717) is 12.5 Å². The Morgan fingerprint density at radius 3 is 2.80 bits per heavy atom. The number of anilines is 1. The molecule has 0 spiro atoms. The van der Waals surface area contributed by atoms with Crippen molar-refractivity contribution in [3.05, 3.63) is 28.7 Å². The molecule has 0 saturated carbocycles. The second kappa shape index (κ2) is 8.73. The number of nitrogens with one attached hydrogen (secondary N) is 1. The molecule has 3 rings (SSSR count). The number of nitrogens with zero attached hydrogens (tertiary/aromatic N) is 2. The van der Waals surface area contributed by atoms with E-state index in [-0.39, 0.29) is 11.8 Å². The minimum absolute atomic E-state index is 0.150. The highest BCUT2D eigenvalue weighted by Gasteiger charge is 2.27. The van der Waals surface area contributed by atoms with Crippen molar-refractivity contribution in [1.29, 1.82) is 0 Å². The van der Waals surface area contributed by atoms with Crippen molar-refractivity contribution in [2.24, 2.45) is 11.8 Å². The molecule has 0 aliphatic carbocycles. The van der Waals surface area contributed by atoms with Crippen molar-refractivity contribution < 1.29 is 4.79 Å². The summed E-state index contributed by atoms with van der Waals surface area (Å²) in [6, 6.07) is 8.42. The van der Waals surface area contributed by atoms with Crippen LogP contribution in [-0.4, -0.2) is 50.1 Å². The van der Waals surface area contributed by atoms with E-state index >= 15 is 0 Å². The van der Waals surface area contributed by atoms with Crippen LogP contribution in [0.1, 0.15) is 19.3 Å². The van der Waals surface area contributed by atoms with E-state index in [2.05, 4.69) is 55.2 Å². The van der Waals surface area contributed by atoms with Crippen molar-refractivity contribution in [3.8, 4) is 12.3 Å². The molecule has 1 atom stereocenters. The summed E-state index contributed by atoms with van der Waals surface area (Å²) in [5.74, 6) is 3.59. The average Bonchev–Trinajstić information content (AvgIpc) is 3.10. The fourth-order valence-electron chi connectivity index (χ4n) is 3.78. The fraction of sp³-hybridized carbons (Fsp3) is 0.550. The van der Waals surface area contributed by atoms with Gasteiger partial charge >= 0.3 is 0 Å². The van der Waals surface area contributed by atoms with Gasteiger partial charge in [0, 0.05) is 35.7 Å². The van der Waals surface area contributed by atoms with Crippen LogP contribution in [0.2, 0.25) is 0 Å². The summed E-state index contributed by atoms with van der Waals surface area (Å²) in [6.07, 6.45) is 8.33. The van der Waals surface area contributed by atoms with Gasteiger partial charge in [-0.25, -0.2) is 0 Å². The summed E-state index contributed by atoms with van der Waals surface area (Å²) < 4.78 is 1.11. The normalized spacial score (nSPS) is 21.9. The molecular weight excluding hydrogens is 378 g/mol. The van der Waals surface area contributed by atoms with Crippen LogP contribution in [0.3, 0.4) is 0 Å². The zero-order valence-electron chi connectivity index (χ0n) is 14.6. The first-order valence-corrected chi connectivity index (χ1v) is 9.89. The molecule has 1 aromatic rings. The minimum Gasteiger partial charge on any atom is -0.371 e. The molecule has 1 amide bonds. The summed E-state index contributed by atoms with van der Waals surface area (Å²) in [5.41, 5.74) is 1.25. The van der Waals surface area contributed by atoms with Gasteiger partial charge in [-0.3, -0.25) is 9.69 Å². The third-order valence-corrected chi connectivity index (χ3v) is 5.79. The third kappa shape index (κ3) is 4.99. The first kappa shape index (κ1) is 18.3. The van der Waals surface area contributed by atoms with Gasteiger partial charge < -0.3 is 10.2 Å². The Morgan fingerprint density at radius 2 is 2.08 bits per heavy atom. The van der Waals surface area contributed by atoms with Gasteiger partial charge in [0.1, 0.15) is 0 Å². The summed E-state index contributed by atoms with van der Waals surface area (Å²) in [6.45, 7) is 5.42. The van der Waals surface area contributed by atoms with Gasteiger partial charge in [-0.1, -0.05) is 27.9 Å². The van der Waals surface area contributed by atoms with Gasteiger partial charge in [0.05, 0.1) is 6.54 Å². The number of carbonyl (C=O) groups is 1. The molecule has 1 aromatic carbocycles. The summed E-state index contributed by atoms with van der Waals surface area (Å²) in [4.78, 5) is 17.1. The third-order valence-electron chi connectivity index (χ3n) is 5.30. The maximum atomic E-state index is 12.4. The number of amides is 1. The van der Waals surface area contributed by atoms with Crippen LogP contribution in [-0.2, 0) is 4.79 Å². The molecule has 134 valence electrons. The molecule has 0 radical (unpaired) electrons. The molecule has 0 bridgehead atoms. The number of halogens is 1.